The zero-order valence-corrected chi connectivity index (χ0v) is 10.6. The van der Waals surface area contributed by atoms with Crippen LogP contribution in [0, 0.1) is 12.8 Å². The van der Waals surface area contributed by atoms with Gasteiger partial charge in [-0.1, -0.05) is 49.1 Å². The van der Waals surface area contributed by atoms with Crippen molar-refractivity contribution in [3.05, 3.63) is 35.4 Å². The van der Waals surface area contributed by atoms with Crippen molar-refractivity contribution in [2.45, 2.75) is 51.2 Å². The van der Waals surface area contributed by atoms with Crippen LogP contribution in [0.2, 0.25) is 0 Å². The first-order chi connectivity index (χ1) is 8.18. The monoisotopic (exact) mass is 233 g/mol. The molecule has 0 heterocycles. The van der Waals surface area contributed by atoms with Crippen LogP contribution >= 0.6 is 0 Å². The lowest BCUT2D eigenvalue weighted by molar-refractivity contribution is 0.0618. The van der Waals surface area contributed by atoms with Gasteiger partial charge in [-0.2, -0.15) is 0 Å². The van der Waals surface area contributed by atoms with Gasteiger partial charge >= 0.3 is 0 Å². The van der Waals surface area contributed by atoms with E-state index in [1.807, 2.05) is 12.1 Å². The average Bonchev–Trinajstić information content (AvgIpc) is 2.39. The molecule has 2 nitrogen and oxygen atoms in total. The molecule has 1 aromatic carbocycles. The molecule has 1 aromatic rings. The van der Waals surface area contributed by atoms with Crippen LogP contribution in [0.1, 0.15) is 49.3 Å². The third kappa shape index (κ3) is 3.08. The number of aliphatic hydroxyl groups excluding tert-OH is 1. The first-order valence-corrected chi connectivity index (χ1v) is 6.68. The fourth-order valence-corrected chi connectivity index (χ4v) is 2.75. The third-order valence-electron chi connectivity index (χ3n) is 3.96. The SMILES string of the molecule is Cc1ccc([C@@H](N)[C@@H](O)C2CCCCC2)cc1. The summed E-state index contributed by atoms with van der Waals surface area (Å²) in [6, 6.07) is 7.95. The molecule has 0 spiro atoms. The number of aryl methyl sites for hydroxylation is 1. The molecule has 1 saturated carbocycles. The molecule has 17 heavy (non-hydrogen) atoms. The van der Waals surface area contributed by atoms with E-state index >= 15 is 0 Å². The molecular formula is C15H23NO. The highest BCUT2D eigenvalue weighted by Crippen LogP contribution is 2.31. The fraction of sp³-hybridized carbons (Fsp3) is 0.600. The topological polar surface area (TPSA) is 46.2 Å². The highest BCUT2D eigenvalue weighted by molar-refractivity contribution is 5.24. The van der Waals surface area contributed by atoms with Gasteiger partial charge in [0, 0.05) is 0 Å². The molecule has 2 atom stereocenters. The van der Waals surface area contributed by atoms with Crippen LogP contribution in [0.25, 0.3) is 0 Å². The maximum absolute atomic E-state index is 10.3. The van der Waals surface area contributed by atoms with Crippen LogP contribution in [0.4, 0.5) is 0 Å². The minimum absolute atomic E-state index is 0.237. The second-order valence-corrected chi connectivity index (χ2v) is 5.33. The van der Waals surface area contributed by atoms with Crippen molar-refractivity contribution in [2.24, 2.45) is 11.7 Å². The number of hydrogen-bond donors (Lipinski definition) is 2. The van der Waals surface area contributed by atoms with Crippen molar-refractivity contribution in [3.8, 4) is 0 Å². The van der Waals surface area contributed by atoms with Crippen molar-refractivity contribution in [1.82, 2.24) is 0 Å². The van der Waals surface area contributed by atoms with E-state index < -0.39 is 6.10 Å². The largest absolute Gasteiger partial charge is 0.391 e. The summed E-state index contributed by atoms with van der Waals surface area (Å²) < 4.78 is 0. The van der Waals surface area contributed by atoms with Gasteiger partial charge in [0.2, 0.25) is 0 Å². The number of benzene rings is 1. The Labute approximate surface area is 104 Å². The maximum Gasteiger partial charge on any atom is 0.0760 e. The average molecular weight is 233 g/mol. The summed E-state index contributed by atoms with van der Waals surface area (Å²) in [7, 11) is 0. The predicted octanol–water partition coefficient (Wildman–Crippen LogP) is 2.94. The van der Waals surface area contributed by atoms with Gasteiger partial charge in [-0.25, -0.2) is 0 Å². The van der Waals surface area contributed by atoms with Crippen LogP contribution < -0.4 is 5.73 Å². The lowest BCUT2D eigenvalue weighted by Gasteiger charge is -2.30. The standard InChI is InChI=1S/C15H23NO/c1-11-7-9-12(10-8-11)14(16)15(17)13-5-3-2-4-6-13/h7-10,13-15,17H,2-6,16H2,1H3/t14-,15+/m1/s1. The minimum Gasteiger partial charge on any atom is -0.391 e. The van der Waals surface area contributed by atoms with Gasteiger partial charge in [0.25, 0.3) is 0 Å². The van der Waals surface area contributed by atoms with Gasteiger partial charge in [0.1, 0.15) is 0 Å². The van der Waals surface area contributed by atoms with E-state index in [0.29, 0.717) is 5.92 Å². The van der Waals surface area contributed by atoms with Crippen LogP contribution in [0.3, 0.4) is 0 Å². The Balaban J connectivity index is 2.02. The lowest BCUT2D eigenvalue weighted by Crippen LogP contribution is -2.34. The van der Waals surface area contributed by atoms with Gasteiger partial charge in [-0.15, -0.1) is 0 Å². The van der Waals surface area contributed by atoms with Crippen molar-refractivity contribution in [1.29, 1.82) is 0 Å². The molecular weight excluding hydrogens is 210 g/mol. The second-order valence-electron chi connectivity index (χ2n) is 5.33. The molecule has 0 saturated heterocycles. The zero-order valence-electron chi connectivity index (χ0n) is 10.6. The van der Waals surface area contributed by atoms with E-state index in [-0.39, 0.29) is 6.04 Å². The summed E-state index contributed by atoms with van der Waals surface area (Å²) in [6.45, 7) is 2.06. The molecule has 2 heteroatoms. The molecule has 94 valence electrons. The highest BCUT2D eigenvalue weighted by Gasteiger charge is 2.27. The zero-order chi connectivity index (χ0) is 12.3. The molecule has 0 unspecified atom stereocenters. The van der Waals surface area contributed by atoms with E-state index in [1.54, 1.807) is 0 Å². The Morgan fingerprint density at radius 2 is 1.71 bits per heavy atom. The van der Waals surface area contributed by atoms with Gasteiger partial charge in [-0.05, 0) is 31.2 Å². The van der Waals surface area contributed by atoms with Crippen LogP contribution in [0.5, 0.6) is 0 Å². The Bertz CT molecular complexity index is 340. The molecule has 0 radical (unpaired) electrons. The van der Waals surface area contributed by atoms with E-state index in [0.717, 1.165) is 18.4 Å². The molecule has 1 aliphatic rings. The van der Waals surface area contributed by atoms with Crippen molar-refractivity contribution in [3.63, 3.8) is 0 Å². The third-order valence-corrected chi connectivity index (χ3v) is 3.96. The smallest absolute Gasteiger partial charge is 0.0760 e. The number of rotatable bonds is 3. The molecule has 0 aliphatic heterocycles. The molecule has 0 amide bonds. The summed E-state index contributed by atoms with van der Waals surface area (Å²) in [5.74, 6) is 0.389. The second kappa shape index (κ2) is 5.65. The number of nitrogens with two attached hydrogens (primary N) is 1. The quantitative estimate of drug-likeness (QED) is 0.843. The van der Waals surface area contributed by atoms with Crippen LogP contribution in [-0.4, -0.2) is 11.2 Å². The molecule has 2 rings (SSSR count). The van der Waals surface area contributed by atoms with Gasteiger partial charge in [0.15, 0.2) is 0 Å². The Hall–Kier alpha value is -0.860. The molecule has 3 N–H and O–H groups in total. The Kier molecular flexibility index (Phi) is 4.19. The van der Waals surface area contributed by atoms with Gasteiger partial charge in [-0.3, -0.25) is 0 Å². The Morgan fingerprint density at radius 1 is 1.12 bits per heavy atom. The first-order valence-electron chi connectivity index (χ1n) is 6.68. The molecule has 1 aliphatic carbocycles. The van der Waals surface area contributed by atoms with Crippen LogP contribution in [0.15, 0.2) is 24.3 Å². The number of hydrogen-bond acceptors (Lipinski definition) is 2. The van der Waals surface area contributed by atoms with Crippen molar-refractivity contribution >= 4 is 0 Å². The van der Waals surface area contributed by atoms with E-state index in [1.165, 1.54) is 24.8 Å². The summed E-state index contributed by atoms with van der Waals surface area (Å²) >= 11 is 0. The van der Waals surface area contributed by atoms with Crippen molar-refractivity contribution < 1.29 is 5.11 Å². The number of aliphatic hydroxyl groups is 1. The van der Waals surface area contributed by atoms with Gasteiger partial charge < -0.3 is 10.8 Å². The molecule has 0 bridgehead atoms. The predicted molar refractivity (Wildman–Crippen MR) is 70.7 cm³/mol. The normalized spacial score (nSPS) is 21.1. The Morgan fingerprint density at radius 3 is 2.29 bits per heavy atom. The molecule has 1 fully saturated rings. The van der Waals surface area contributed by atoms with Crippen molar-refractivity contribution in [2.75, 3.05) is 0 Å². The maximum atomic E-state index is 10.3. The summed E-state index contributed by atoms with van der Waals surface area (Å²) in [5.41, 5.74) is 8.45. The summed E-state index contributed by atoms with van der Waals surface area (Å²) in [6.07, 6.45) is 5.65. The lowest BCUT2D eigenvalue weighted by atomic mass is 9.81. The highest BCUT2D eigenvalue weighted by atomic mass is 16.3. The van der Waals surface area contributed by atoms with E-state index in [9.17, 15) is 5.11 Å². The summed E-state index contributed by atoms with van der Waals surface area (Å²) in [4.78, 5) is 0. The minimum atomic E-state index is -0.391. The fourth-order valence-electron chi connectivity index (χ4n) is 2.75. The van der Waals surface area contributed by atoms with E-state index in [2.05, 4.69) is 19.1 Å². The van der Waals surface area contributed by atoms with E-state index in [4.69, 9.17) is 5.73 Å². The first kappa shape index (κ1) is 12.6. The van der Waals surface area contributed by atoms with Gasteiger partial charge in [0.05, 0.1) is 12.1 Å². The molecule has 0 aromatic heterocycles. The van der Waals surface area contributed by atoms with Crippen LogP contribution in [-0.2, 0) is 0 Å². The summed E-state index contributed by atoms with van der Waals surface area (Å²) in [5, 5.41) is 10.3.